The van der Waals surface area contributed by atoms with E-state index in [1.54, 1.807) is 26.4 Å². The number of rotatable bonds is 10. The van der Waals surface area contributed by atoms with Crippen molar-refractivity contribution >= 4 is 23.8 Å². The molecule has 0 N–H and O–H groups in total. The fraction of sp³-hybridized carbons (Fsp3) is 0.250. The van der Waals surface area contributed by atoms with Crippen molar-refractivity contribution in [2.75, 3.05) is 20.8 Å². The molecule has 3 rings (SSSR count). The molecule has 7 heteroatoms. The minimum atomic E-state index is -0.357. The molecular formula is C28H29N3O4. The van der Waals surface area contributed by atoms with Crippen LogP contribution in [0.1, 0.15) is 33.4 Å². The highest BCUT2D eigenvalue weighted by atomic mass is 16.5. The van der Waals surface area contributed by atoms with Gasteiger partial charge in [-0.1, -0.05) is 53.7 Å². The second-order valence-corrected chi connectivity index (χ2v) is 8.04. The van der Waals surface area contributed by atoms with Gasteiger partial charge in [-0.25, -0.2) is 0 Å². The number of carbonyl (C=O) groups is 1. The summed E-state index contributed by atoms with van der Waals surface area (Å²) in [5, 5.41) is 3.67. The van der Waals surface area contributed by atoms with Crippen LogP contribution in [0.5, 0.6) is 11.5 Å². The Hall–Kier alpha value is -4.22. The van der Waals surface area contributed by atoms with Crippen LogP contribution in [0.2, 0.25) is 0 Å². The van der Waals surface area contributed by atoms with Crippen LogP contribution in [0.3, 0.4) is 0 Å². The number of hydrogen-bond donors (Lipinski definition) is 0. The molecule has 0 unspecified atom stereocenters. The third-order valence-electron chi connectivity index (χ3n) is 5.75. The predicted molar refractivity (Wildman–Crippen MR) is 138 cm³/mol. The van der Waals surface area contributed by atoms with Gasteiger partial charge < -0.3 is 14.2 Å². The summed E-state index contributed by atoms with van der Waals surface area (Å²) < 4.78 is 16.4. The van der Waals surface area contributed by atoms with Crippen LogP contribution in [0, 0.1) is 13.8 Å². The molecule has 0 fully saturated rings. The Morgan fingerprint density at radius 1 is 0.943 bits per heavy atom. The molecule has 0 aromatic heterocycles. The summed E-state index contributed by atoms with van der Waals surface area (Å²) in [6, 6.07) is 17.0. The van der Waals surface area contributed by atoms with Gasteiger partial charge in [-0.15, -0.1) is 0 Å². The van der Waals surface area contributed by atoms with Crippen molar-refractivity contribution < 1.29 is 19.0 Å². The van der Waals surface area contributed by atoms with Gasteiger partial charge in [0.1, 0.15) is 11.5 Å². The first-order valence-corrected chi connectivity index (χ1v) is 11.2. The summed E-state index contributed by atoms with van der Waals surface area (Å²) in [7, 11) is 3.25. The van der Waals surface area contributed by atoms with Crippen LogP contribution in [0.4, 0.5) is 5.69 Å². The van der Waals surface area contributed by atoms with Gasteiger partial charge >= 0.3 is 5.97 Å². The number of hydrogen-bond acceptors (Lipinski definition) is 5. The molecule has 0 spiro atoms. The van der Waals surface area contributed by atoms with E-state index in [4.69, 9.17) is 19.7 Å². The van der Waals surface area contributed by atoms with Crippen LogP contribution in [0.15, 0.2) is 59.7 Å². The molecule has 180 valence electrons. The number of nitrogens with zero attached hydrogens (tertiary/aromatic N) is 3. The first kappa shape index (κ1) is 25.4. The Kier molecular flexibility index (Phi) is 8.93. The molecule has 35 heavy (non-hydrogen) atoms. The number of ether oxygens (including phenoxy) is 3. The van der Waals surface area contributed by atoms with Crippen LogP contribution < -0.4 is 9.47 Å². The number of benzene rings is 3. The molecule has 3 aromatic carbocycles. The Morgan fingerprint density at radius 2 is 1.69 bits per heavy atom. The third-order valence-corrected chi connectivity index (χ3v) is 5.75. The number of aryl methyl sites for hydroxylation is 1. The van der Waals surface area contributed by atoms with Crippen molar-refractivity contribution in [1.29, 1.82) is 0 Å². The van der Waals surface area contributed by atoms with Gasteiger partial charge in [0.15, 0.2) is 0 Å². The maximum Gasteiger partial charge on any atom is 0.310 e. The molecule has 0 amide bonds. The molecule has 7 nitrogen and oxygen atoms in total. The molecule has 0 atom stereocenters. The zero-order valence-corrected chi connectivity index (χ0v) is 20.4. The van der Waals surface area contributed by atoms with Crippen molar-refractivity contribution in [1.82, 2.24) is 0 Å². The van der Waals surface area contributed by atoms with Crippen molar-refractivity contribution in [3.8, 4) is 11.5 Å². The number of azide groups is 1. The lowest BCUT2D eigenvalue weighted by Gasteiger charge is -2.11. The van der Waals surface area contributed by atoms with Crippen LogP contribution in [-0.2, 0) is 22.4 Å². The first-order chi connectivity index (χ1) is 16.9. The van der Waals surface area contributed by atoms with Crippen molar-refractivity contribution in [3.63, 3.8) is 0 Å². The summed E-state index contributed by atoms with van der Waals surface area (Å²) in [5.41, 5.74) is 15.0. The Bertz CT molecular complexity index is 1280. The second kappa shape index (κ2) is 12.3. The van der Waals surface area contributed by atoms with Crippen LogP contribution >= 0.6 is 0 Å². The SMILES string of the molecule is COc1ccc(/C=C/c2cc(C)c(C)c(OC)c2)cc1CC(=O)OCCc1ccccc1N=[N+]=[N-]. The first-order valence-electron chi connectivity index (χ1n) is 11.2. The van der Waals surface area contributed by atoms with E-state index in [1.807, 2.05) is 55.5 Å². The van der Waals surface area contributed by atoms with Crippen molar-refractivity contribution in [2.24, 2.45) is 5.11 Å². The monoisotopic (exact) mass is 471 g/mol. The average Bonchev–Trinajstić information content (AvgIpc) is 2.86. The van der Waals surface area contributed by atoms with Crippen molar-refractivity contribution in [2.45, 2.75) is 26.7 Å². The number of carbonyl (C=O) groups excluding carboxylic acids is 1. The molecule has 0 saturated heterocycles. The highest BCUT2D eigenvalue weighted by molar-refractivity contribution is 5.76. The summed E-state index contributed by atoms with van der Waals surface area (Å²) in [6.45, 7) is 4.28. The van der Waals surface area contributed by atoms with Crippen LogP contribution in [0.25, 0.3) is 22.6 Å². The maximum atomic E-state index is 12.5. The lowest BCUT2D eigenvalue weighted by atomic mass is 10.0. The summed E-state index contributed by atoms with van der Waals surface area (Å²) >= 11 is 0. The Labute approximate surface area is 205 Å². The normalized spacial score (nSPS) is 10.6. The lowest BCUT2D eigenvalue weighted by molar-refractivity contribution is -0.142. The van der Waals surface area contributed by atoms with E-state index in [1.165, 1.54) is 0 Å². The van der Waals surface area contributed by atoms with Gasteiger partial charge in [0, 0.05) is 22.6 Å². The Balaban J connectivity index is 1.68. The molecule has 3 aromatic rings. The van der Waals surface area contributed by atoms with E-state index >= 15 is 0 Å². The molecule has 0 saturated carbocycles. The largest absolute Gasteiger partial charge is 0.496 e. The third kappa shape index (κ3) is 6.88. The van der Waals surface area contributed by atoms with E-state index in [0.29, 0.717) is 17.9 Å². The zero-order chi connectivity index (χ0) is 25.2. The predicted octanol–water partition coefficient (Wildman–Crippen LogP) is 6.76. The zero-order valence-electron chi connectivity index (χ0n) is 20.4. The van der Waals surface area contributed by atoms with Crippen LogP contribution in [-0.4, -0.2) is 26.8 Å². The number of esters is 1. The summed E-state index contributed by atoms with van der Waals surface area (Å²) in [4.78, 5) is 15.4. The van der Waals surface area contributed by atoms with Gasteiger partial charge in [0.2, 0.25) is 0 Å². The van der Waals surface area contributed by atoms with Gasteiger partial charge in [-0.2, -0.15) is 0 Å². The molecular weight excluding hydrogens is 442 g/mol. The quantitative estimate of drug-likeness (QED) is 0.107. The average molecular weight is 472 g/mol. The smallest absolute Gasteiger partial charge is 0.310 e. The summed E-state index contributed by atoms with van der Waals surface area (Å²) in [5.74, 6) is 1.12. The molecule has 0 aliphatic carbocycles. The van der Waals surface area contributed by atoms with E-state index in [9.17, 15) is 4.79 Å². The highest BCUT2D eigenvalue weighted by Gasteiger charge is 2.11. The van der Waals surface area contributed by atoms with E-state index in [-0.39, 0.29) is 19.0 Å². The van der Waals surface area contributed by atoms with E-state index in [2.05, 4.69) is 23.0 Å². The fourth-order valence-corrected chi connectivity index (χ4v) is 3.74. The topological polar surface area (TPSA) is 93.5 Å². The summed E-state index contributed by atoms with van der Waals surface area (Å²) in [6.07, 6.45) is 4.55. The maximum absolute atomic E-state index is 12.5. The molecule has 0 radical (unpaired) electrons. The molecule has 0 bridgehead atoms. The van der Waals surface area contributed by atoms with E-state index in [0.717, 1.165) is 39.1 Å². The highest BCUT2D eigenvalue weighted by Crippen LogP contribution is 2.26. The standard InChI is InChI=1S/C28H29N3O4/c1-19-15-22(17-27(34-4)20(19)2)10-9-21-11-12-26(33-3)24(16-21)18-28(32)35-14-13-23-7-5-6-8-25(23)30-31-29/h5-12,15-17H,13-14,18H2,1-4H3/b10-9+. The minimum Gasteiger partial charge on any atom is -0.496 e. The van der Waals surface area contributed by atoms with Gasteiger partial charge in [0.05, 0.1) is 27.2 Å². The lowest BCUT2D eigenvalue weighted by Crippen LogP contribution is -2.11. The minimum absolute atomic E-state index is 0.0836. The second-order valence-electron chi connectivity index (χ2n) is 8.04. The Morgan fingerprint density at radius 3 is 2.43 bits per heavy atom. The van der Waals surface area contributed by atoms with Gasteiger partial charge in [0.25, 0.3) is 0 Å². The van der Waals surface area contributed by atoms with E-state index < -0.39 is 0 Å². The molecule has 0 aliphatic heterocycles. The molecule has 0 aliphatic rings. The van der Waals surface area contributed by atoms with Gasteiger partial charge in [-0.3, -0.25) is 4.79 Å². The fourth-order valence-electron chi connectivity index (χ4n) is 3.74. The number of methoxy groups -OCH3 is 2. The van der Waals surface area contributed by atoms with Crippen molar-refractivity contribution in [3.05, 3.63) is 98.4 Å². The molecule has 0 heterocycles. The van der Waals surface area contributed by atoms with Gasteiger partial charge in [-0.05, 0) is 65.4 Å².